The molecule has 2 N–H and O–H groups in total. The molecule has 0 radical (unpaired) electrons. The predicted molar refractivity (Wildman–Crippen MR) is 85.3 cm³/mol. The summed E-state index contributed by atoms with van der Waals surface area (Å²) in [5.41, 5.74) is 0.826. The first-order valence-electron chi connectivity index (χ1n) is 7.28. The van der Waals surface area contributed by atoms with E-state index < -0.39 is 5.60 Å². The molecule has 0 amide bonds. The molecule has 1 saturated carbocycles. The van der Waals surface area contributed by atoms with Gasteiger partial charge in [-0.3, -0.25) is 0 Å². The zero-order valence-electron chi connectivity index (χ0n) is 12.1. The van der Waals surface area contributed by atoms with Crippen molar-refractivity contribution in [2.24, 2.45) is 5.41 Å². The molecule has 3 nitrogen and oxygen atoms in total. The predicted octanol–water partition coefficient (Wildman–Crippen LogP) is 4.04. The second-order valence-corrected chi connectivity index (χ2v) is 7.76. The van der Waals surface area contributed by atoms with Gasteiger partial charge in [0.2, 0.25) is 0 Å². The van der Waals surface area contributed by atoms with E-state index in [1.54, 1.807) is 11.3 Å². The number of fused-ring (bicyclic) bond motifs is 1. The van der Waals surface area contributed by atoms with E-state index in [9.17, 15) is 5.11 Å². The highest BCUT2D eigenvalue weighted by atomic mass is 32.1. The monoisotopic (exact) mass is 290 g/mol. The topological polar surface area (TPSA) is 45.1 Å². The van der Waals surface area contributed by atoms with Gasteiger partial charge in [-0.2, -0.15) is 0 Å². The molecule has 4 heteroatoms. The third-order valence-electron chi connectivity index (χ3n) is 4.40. The number of hydrogen-bond acceptors (Lipinski definition) is 4. The van der Waals surface area contributed by atoms with Crippen LogP contribution in [0.3, 0.4) is 0 Å². The molecular weight excluding hydrogens is 268 g/mol. The first-order valence-corrected chi connectivity index (χ1v) is 8.09. The van der Waals surface area contributed by atoms with Crippen molar-refractivity contribution >= 4 is 26.7 Å². The highest BCUT2D eigenvalue weighted by Gasteiger charge is 2.36. The van der Waals surface area contributed by atoms with Gasteiger partial charge < -0.3 is 10.4 Å². The smallest absolute Gasteiger partial charge is 0.183 e. The van der Waals surface area contributed by atoms with E-state index >= 15 is 0 Å². The Kier molecular flexibility index (Phi) is 3.46. The maximum absolute atomic E-state index is 10.7. The minimum absolute atomic E-state index is 0.377. The van der Waals surface area contributed by atoms with E-state index in [1.807, 2.05) is 18.2 Å². The summed E-state index contributed by atoms with van der Waals surface area (Å²) in [6.45, 7) is 5.17. The van der Waals surface area contributed by atoms with Crippen molar-refractivity contribution in [1.82, 2.24) is 4.98 Å². The summed E-state index contributed by atoms with van der Waals surface area (Å²) in [7, 11) is 0. The lowest BCUT2D eigenvalue weighted by atomic mass is 9.71. The molecule has 0 saturated heterocycles. The average molecular weight is 290 g/mol. The zero-order chi connectivity index (χ0) is 14.2. The van der Waals surface area contributed by atoms with Crippen LogP contribution in [-0.2, 0) is 0 Å². The van der Waals surface area contributed by atoms with Gasteiger partial charge in [-0.1, -0.05) is 37.3 Å². The van der Waals surface area contributed by atoms with E-state index in [0.29, 0.717) is 12.0 Å². The van der Waals surface area contributed by atoms with Crippen LogP contribution in [0.15, 0.2) is 24.3 Å². The van der Waals surface area contributed by atoms with Crippen molar-refractivity contribution < 1.29 is 5.11 Å². The summed E-state index contributed by atoms with van der Waals surface area (Å²) in [6.07, 6.45) is 3.92. The summed E-state index contributed by atoms with van der Waals surface area (Å²) in [5, 5.41) is 14.9. The van der Waals surface area contributed by atoms with Crippen molar-refractivity contribution in [2.75, 3.05) is 11.9 Å². The fraction of sp³-hybridized carbons (Fsp3) is 0.562. The van der Waals surface area contributed by atoms with Gasteiger partial charge in [0.15, 0.2) is 5.13 Å². The number of para-hydroxylation sites is 1. The second-order valence-electron chi connectivity index (χ2n) is 6.73. The highest BCUT2D eigenvalue weighted by molar-refractivity contribution is 7.22. The number of nitrogens with zero attached hydrogens (tertiary/aromatic N) is 1. The molecule has 108 valence electrons. The zero-order valence-corrected chi connectivity index (χ0v) is 13.0. The molecular formula is C16H22N2OS. The van der Waals surface area contributed by atoms with E-state index in [1.165, 1.54) is 4.70 Å². The Morgan fingerprint density at radius 1 is 1.20 bits per heavy atom. The van der Waals surface area contributed by atoms with Crippen LogP contribution in [0.2, 0.25) is 0 Å². The minimum atomic E-state index is -0.576. The second kappa shape index (κ2) is 5.01. The van der Waals surface area contributed by atoms with Crippen LogP contribution in [0.4, 0.5) is 5.13 Å². The molecule has 1 aliphatic carbocycles. The van der Waals surface area contributed by atoms with Gasteiger partial charge in [0, 0.05) is 6.54 Å². The molecule has 0 spiro atoms. The van der Waals surface area contributed by atoms with Crippen LogP contribution in [0.5, 0.6) is 0 Å². The normalized spacial score (nSPS) is 20.9. The van der Waals surface area contributed by atoms with Gasteiger partial charge in [0.05, 0.1) is 15.8 Å². The van der Waals surface area contributed by atoms with Crippen LogP contribution in [0, 0.1) is 5.41 Å². The number of rotatable bonds is 3. The van der Waals surface area contributed by atoms with Crippen molar-refractivity contribution in [3.8, 4) is 0 Å². The molecule has 20 heavy (non-hydrogen) atoms. The number of thiazole rings is 1. The van der Waals surface area contributed by atoms with Crippen LogP contribution in [0.25, 0.3) is 10.2 Å². The van der Waals surface area contributed by atoms with Crippen LogP contribution in [0.1, 0.15) is 39.5 Å². The van der Waals surface area contributed by atoms with Crippen molar-refractivity contribution in [3.05, 3.63) is 24.3 Å². The Bertz CT molecular complexity index is 562. The van der Waals surface area contributed by atoms with Gasteiger partial charge in [-0.05, 0) is 43.2 Å². The standard InChI is InChI=1S/C16H22N2OS/c1-15(2)7-9-16(19,10-8-15)11-17-14-18-12-5-3-4-6-13(12)20-14/h3-6,19H,7-11H2,1-2H3,(H,17,18). The number of aromatic nitrogens is 1. The van der Waals surface area contributed by atoms with E-state index in [0.717, 1.165) is 36.3 Å². The van der Waals surface area contributed by atoms with Crippen molar-refractivity contribution in [3.63, 3.8) is 0 Å². The molecule has 2 aromatic rings. The molecule has 1 aromatic carbocycles. The largest absolute Gasteiger partial charge is 0.388 e. The van der Waals surface area contributed by atoms with E-state index in [2.05, 4.69) is 30.2 Å². The average Bonchev–Trinajstić information content (AvgIpc) is 2.84. The summed E-state index contributed by atoms with van der Waals surface area (Å²) in [5.74, 6) is 0. The first kappa shape index (κ1) is 13.8. The highest BCUT2D eigenvalue weighted by Crippen LogP contribution is 2.40. The minimum Gasteiger partial charge on any atom is -0.388 e. The number of nitrogens with one attached hydrogen (secondary N) is 1. The fourth-order valence-electron chi connectivity index (χ4n) is 2.76. The lowest BCUT2D eigenvalue weighted by molar-refractivity contribution is -0.0145. The molecule has 0 aliphatic heterocycles. The number of benzene rings is 1. The molecule has 1 heterocycles. The third kappa shape index (κ3) is 2.96. The molecule has 1 aliphatic rings. The molecule has 1 aromatic heterocycles. The van der Waals surface area contributed by atoms with Crippen LogP contribution >= 0.6 is 11.3 Å². The Hall–Kier alpha value is -1.13. The summed E-state index contributed by atoms with van der Waals surface area (Å²) >= 11 is 1.65. The summed E-state index contributed by atoms with van der Waals surface area (Å²) in [6, 6.07) is 8.13. The molecule has 0 unspecified atom stereocenters. The maximum atomic E-state index is 10.7. The Morgan fingerprint density at radius 3 is 2.60 bits per heavy atom. The van der Waals surface area contributed by atoms with Gasteiger partial charge in [0.1, 0.15) is 0 Å². The quantitative estimate of drug-likeness (QED) is 0.896. The Morgan fingerprint density at radius 2 is 1.90 bits per heavy atom. The van der Waals surface area contributed by atoms with Gasteiger partial charge in [0.25, 0.3) is 0 Å². The number of anilines is 1. The molecule has 1 fully saturated rings. The van der Waals surface area contributed by atoms with Crippen molar-refractivity contribution in [2.45, 2.75) is 45.1 Å². The SMILES string of the molecule is CC1(C)CCC(O)(CNc2nc3ccccc3s2)CC1. The fourth-order valence-corrected chi connectivity index (χ4v) is 3.62. The van der Waals surface area contributed by atoms with Crippen molar-refractivity contribution in [1.29, 1.82) is 0 Å². The Labute approximate surface area is 124 Å². The number of hydrogen-bond donors (Lipinski definition) is 2. The van der Waals surface area contributed by atoms with E-state index in [-0.39, 0.29) is 0 Å². The van der Waals surface area contributed by atoms with Gasteiger partial charge in [-0.25, -0.2) is 4.98 Å². The maximum Gasteiger partial charge on any atom is 0.183 e. The lowest BCUT2D eigenvalue weighted by Gasteiger charge is -2.40. The molecule has 0 atom stereocenters. The third-order valence-corrected chi connectivity index (χ3v) is 5.39. The number of aliphatic hydroxyl groups is 1. The van der Waals surface area contributed by atoms with Gasteiger partial charge in [-0.15, -0.1) is 0 Å². The lowest BCUT2D eigenvalue weighted by Crippen LogP contribution is -2.42. The first-order chi connectivity index (χ1) is 9.46. The van der Waals surface area contributed by atoms with Gasteiger partial charge >= 0.3 is 0 Å². The van der Waals surface area contributed by atoms with E-state index in [4.69, 9.17) is 0 Å². The summed E-state index contributed by atoms with van der Waals surface area (Å²) in [4.78, 5) is 4.55. The van der Waals surface area contributed by atoms with Crippen LogP contribution in [-0.4, -0.2) is 22.2 Å². The molecule has 3 rings (SSSR count). The Balaban J connectivity index is 1.64. The molecule has 0 bridgehead atoms. The summed E-state index contributed by atoms with van der Waals surface area (Å²) < 4.78 is 1.19. The van der Waals surface area contributed by atoms with Crippen LogP contribution < -0.4 is 5.32 Å².